The zero-order valence-electron chi connectivity index (χ0n) is 22.2. The van der Waals surface area contributed by atoms with E-state index in [2.05, 4.69) is 23.8 Å². The van der Waals surface area contributed by atoms with Gasteiger partial charge in [-0.2, -0.15) is 8.78 Å². The van der Waals surface area contributed by atoms with Gasteiger partial charge in [-0.05, 0) is 88.9 Å². The molecule has 1 aliphatic carbocycles. The maximum Gasteiger partial charge on any atom is 0.573 e. The van der Waals surface area contributed by atoms with Crippen molar-refractivity contribution in [3.63, 3.8) is 0 Å². The average molecular weight is 571 g/mol. The zero-order chi connectivity index (χ0) is 29.2. The summed E-state index contributed by atoms with van der Waals surface area (Å²) in [6.07, 6.45) is -3.77. The van der Waals surface area contributed by atoms with Gasteiger partial charge in [-0.25, -0.2) is 4.39 Å². The Labute approximate surface area is 234 Å². The van der Waals surface area contributed by atoms with Crippen molar-refractivity contribution in [2.24, 2.45) is 5.92 Å². The molecule has 0 atom stereocenters. The fourth-order valence-electron chi connectivity index (χ4n) is 5.21. The Hall–Kier alpha value is -3.94. The van der Waals surface area contributed by atoms with Crippen molar-refractivity contribution in [2.45, 2.75) is 51.0 Å². The molecular weight excluding hydrogens is 542 g/mol. The Morgan fingerprint density at radius 3 is 1.68 bits per heavy atom. The number of benzene rings is 4. The summed E-state index contributed by atoms with van der Waals surface area (Å²) in [5.41, 5.74) is 3.40. The molecular formula is C33H28F6O2. The molecule has 41 heavy (non-hydrogen) atoms. The number of rotatable bonds is 7. The van der Waals surface area contributed by atoms with Crippen LogP contribution in [0.2, 0.25) is 0 Å². The van der Waals surface area contributed by atoms with Crippen molar-refractivity contribution in [3.05, 3.63) is 108 Å². The van der Waals surface area contributed by atoms with Gasteiger partial charge in [-0.15, -0.1) is 13.2 Å². The summed E-state index contributed by atoms with van der Waals surface area (Å²) in [7, 11) is 0. The minimum Gasteiger partial charge on any atom is -0.429 e. The molecule has 0 aliphatic heterocycles. The molecule has 1 fully saturated rings. The Morgan fingerprint density at radius 1 is 0.610 bits per heavy atom. The van der Waals surface area contributed by atoms with Crippen LogP contribution in [0.15, 0.2) is 91.0 Å². The summed E-state index contributed by atoms with van der Waals surface area (Å²) >= 11 is 0. The van der Waals surface area contributed by atoms with E-state index in [0.717, 1.165) is 29.2 Å². The van der Waals surface area contributed by atoms with E-state index < -0.39 is 24.0 Å². The molecule has 0 bridgehead atoms. The summed E-state index contributed by atoms with van der Waals surface area (Å²) in [6.45, 7) is 2.29. The lowest BCUT2D eigenvalue weighted by Crippen LogP contribution is -2.21. The van der Waals surface area contributed by atoms with Gasteiger partial charge in [0, 0.05) is 0 Å². The van der Waals surface area contributed by atoms with Crippen LogP contribution < -0.4 is 9.47 Å². The van der Waals surface area contributed by atoms with Gasteiger partial charge in [0.05, 0.1) is 5.56 Å². The van der Waals surface area contributed by atoms with E-state index in [9.17, 15) is 26.3 Å². The summed E-state index contributed by atoms with van der Waals surface area (Å²) in [6, 6.07) is 22.6. The Morgan fingerprint density at radius 2 is 1.12 bits per heavy atom. The van der Waals surface area contributed by atoms with Crippen LogP contribution in [0.5, 0.6) is 11.5 Å². The van der Waals surface area contributed by atoms with Gasteiger partial charge in [-0.1, -0.05) is 74.4 Å². The first-order valence-corrected chi connectivity index (χ1v) is 13.4. The third-order valence-corrected chi connectivity index (χ3v) is 7.54. The number of alkyl halides is 5. The van der Waals surface area contributed by atoms with E-state index in [4.69, 9.17) is 4.74 Å². The normalized spacial score (nSPS) is 17.7. The summed E-state index contributed by atoms with van der Waals surface area (Å²) in [4.78, 5) is 0. The van der Waals surface area contributed by atoms with Gasteiger partial charge in [0.25, 0.3) is 0 Å². The number of hydrogen-bond acceptors (Lipinski definition) is 2. The number of hydrogen-bond donors (Lipinski definition) is 0. The highest BCUT2D eigenvalue weighted by molar-refractivity contribution is 5.66. The van der Waals surface area contributed by atoms with E-state index in [0.29, 0.717) is 11.5 Å². The quantitative estimate of drug-likeness (QED) is 0.206. The third kappa shape index (κ3) is 7.04. The molecule has 0 amide bonds. The van der Waals surface area contributed by atoms with E-state index >= 15 is 0 Å². The van der Waals surface area contributed by atoms with Crippen LogP contribution in [0.1, 0.15) is 49.7 Å². The second-order valence-corrected chi connectivity index (χ2v) is 10.5. The van der Waals surface area contributed by atoms with E-state index in [1.165, 1.54) is 73.7 Å². The highest BCUT2D eigenvalue weighted by Gasteiger charge is 2.35. The van der Waals surface area contributed by atoms with Crippen LogP contribution in [0.3, 0.4) is 0 Å². The fraction of sp³-hybridized carbons (Fsp3) is 0.273. The van der Waals surface area contributed by atoms with Crippen LogP contribution >= 0.6 is 0 Å². The molecule has 8 heteroatoms. The summed E-state index contributed by atoms with van der Waals surface area (Å²) < 4.78 is 89.6. The standard InChI is InChI=1S/C33H28F6O2/c1-21-2-4-22(5-3-21)23-6-8-24(9-7-23)25-10-15-28(16-11-25)32(35,36)40-29-17-12-26(13-18-29)27-14-19-31(30(34)20-27)41-33(37,38)39/h6-22H,2-5H2,1H3. The lowest BCUT2D eigenvalue weighted by Gasteiger charge is -2.26. The molecule has 0 N–H and O–H groups in total. The SMILES string of the molecule is CC1CCC(c2ccc(-c3ccc(C(F)(F)Oc4ccc(-c5ccc(OC(F)(F)F)c(F)c5)cc4)cc3)cc2)CC1. The van der Waals surface area contributed by atoms with E-state index in [1.807, 2.05) is 12.1 Å². The van der Waals surface area contributed by atoms with Crippen molar-refractivity contribution in [1.82, 2.24) is 0 Å². The van der Waals surface area contributed by atoms with Crippen LogP contribution in [0.4, 0.5) is 26.3 Å². The van der Waals surface area contributed by atoms with E-state index in [-0.39, 0.29) is 16.9 Å². The Balaban J connectivity index is 1.23. The first-order chi connectivity index (χ1) is 19.5. The minimum absolute atomic E-state index is 0.131. The topological polar surface area (TPSA) is 18.5 Å². The molecule has 4 aromatic carbocycles. The van der Waals surface area contributed by atoms with Gasteiger partial charge >= 0.3 is 12.5 Å². The van der Waals surface area contributed by atoms with Crippen molar-refractivity contribution in [3.8, 4) is 33.8 Å². The van der Waals surface area contributed by atoms with Crippen LogP contribution in [-0.4, -0.2) is 6.36 Å². The van der Waals surface area contributed by atoms with Crippen molar-refractivity contribution >= 4 is 0 Å². The molecule has 214 valence electrons. The van der Waals surface area contributed by atoms with Crippen molar-refractivity contribution < 1.29 is 35.8 Å². The Kier molecular flexibility index (Phi) is 8.02. The molecule has 1 saturated carbocycles. The summed E-state index contributed by atoms with van der Waals surface area (Å²) in [5.74, 6) is -0.934. The first-order valence-electron chi connectivity index (χ1n) is 13.4. The fourth-order valence-corrected chi connectivity index (χ4v) is 5.21. The summed E-state index contributed by atoms with van der Waals surface area (Å²) in [5, 5.41) is 0. The lowest BCUT2D eigenvalue weighted by atomic mass is 9.79. The van der Waals surface area contributed by atoms with Gasteiger partial charge < -0.3 is 9.47 Å². The van der Waals surface area contributed by atoms with Gasteiger partial charge in [0.15, 0.2) is 11.6 Å². The number of ether oxygens (including phenoxy) is 2. The molecule has 1 aliphatic rings. The maximum atomic E-state index is 14.9. The number of halogens is 6. The molecule has 0 heterocycles. The first kappa shape index (κ1) is 28.6. The van der Waals surface area contributed by atoms with E-state index in [1.54, 1.807) is 12.1 Å². The molecule has 4 aromatic rings. The predicted molar refractivity (Wildman–Crippen MR) is 145 cm³/mol. The second-order valence-electron chi connectivity index (χ2n) is 10.5. The highest BCUT2D eigenvalue weighted by atomic mass is 19.4. The smallest absolute Gasteiger partial charge is 0.429 e. The largest absolute Gasteiger partial charge is 0.573 e. The highest BCUT2D eigenvalue weighted by Crippen LogP contribution is 2.37. The molecule has 0 spiro atoms. The van der Waals surface area contributed by atoms with Crippen molar-refractivity contribution in [2.75, 3.05) is 0 Å². The molecule has 0 saturated heterocycles. The van der Waals surface area contributed by atoms with Crippen molar-refractivity contribution in [1.29, 1.82) is 0 Å². The molecule has 5 rings (SSSR count). The second kappa shape index (κ2) is 11.5. The average Bonchev–Trinajstić information content (AvgIpc) is 2.94. The van der Waals surface area contributed by atoms with Gasteiger partial charge in [-0.3, -0.25) is 0 Å². The minimum atomic E-state index is -5.02. The van der Waals surface area contributed by atoms with Crippen LogP contribution in [0, 0.1) is 11.7 Å². The lowest BCUT2D eigenvalue weighted by molar-refractivity contribution is -0.275. The maximum absolute atomic E-state index is 14.9. The molecule has 0 radical (unpaired) electrons. The van der Waals surface area contributed by atoms with Gasteiger partial charge in [0.1, 0.15) is 5.75 Å². The molecule has 0 aromatic heterocycles. The Bertz CT molecular complexity index is 1450. The zero-order valence-corrected chi connectivity index (χ0v) is 22.2. The predicted octanol–water partition coefficient (Wildman–Crippen LogP) is 10.5. The van der Waals surface area contributed by atoms with Crippen LogP contribution in [-0.2, 0) is 6.11 Å². The molecule has 0 unspecified atom stereocenters. The van der Waals surface area contributed by atoms with Crippen LogP contribution in [0.25, 0.3) is 22.3 Å². The third-order valence-electron chi connectivity index (χ3n) is 7.54. The van der Waals surface area contributed by atoms with Gasteiger partial charge in [0.2, 0.25) is 0 Å². The molecule has 2 nitrogen and oxygen atoms in total. The monoisotopic (exact) mass is 570 g/mol.